The Hall–Kier alpha value is -2.65. The highest BCUT2D eigenvalue weighted by Gasteiger charge is 2.20. The van der Waals surface area contributed by atoms with E-state index in [-0.39, 0.29) is 17.8 Å². The number of rotatable bonds is 13. The van der Waals surface area contributed by atoms with Gasteiger partial charge in [0.05, 0.1) is 25.5 Å². The zero-order valence-electron chi connectivity index (χ0n) is 16.6. The Morgan fingerprint density at radius 1 is 1.14 bits per heavy atom. The summed E-state index contributed by atoms with van der Waals surface area (Å²) in [6, 6.07) is 5.87. The van der Waals surface area contributed by atoms with E-state index in [1.54, 1.807) is 31.4 Å². The molecule has 0 aliphatic rings. The van der Waals surface area contributed by atoms with E-state index in [0.29, 0.717) is 44.0 Å². The summed E-state index contributed by atoms with van der Waals surface area (Å²) in [6.07, 6.45) is 2.31. The van der Waals surface area contributed by atoms with E-state index in [4.69, 9.17) is 20.9 Å². The number of methoxy groups -OCH3 is 1. The number of hydrogen-bond donors (Lipinski definition) is 4. The van der Waals surface area contributed by atoms with Crippen LogP contribution in [0.15, 0.2) is 29.3 Å². The number of benzene rings is 1. The second-order valence-corrected chi connectivity index (χ2v) is 6.15. The number of carbonyl (C=O) groups is 2. The van der Waals surface area contributed by atoms with Crippen LogP contribution < -0.4 is 22.1 Å². The summed E-state index contributed by atoms with van der Waals surface area (Å²) in [6.45, 7) is 3.76. The lowest BCUT2D eigenvalue weighted by molar-refractivity contribution is -0.123. The molecule has 1 atom stereocenters. The van der Waals surface area contributed by atoms with E-state index in [9.17, 15) is 9.59 Å². The molecule has 0 saturated carbocycles. The first-order valence-corrected chi connectivity index (χ1v) is 9.32. The highest BCUT2D eigenvalue weighted by Crippen LogP contribution is 2.13. The standard InChI is InChI=1S/C19H31N5O4/c1-3-4-5-16(18(26)22-10-11-28-13-12-27-2)24-17(25)14-6-8-15(9-7-14)23-19(20)21/h6-9,16H,3-5,10-13H2,1-2H3,(H,22,26)(H,24,25)(H4,20,21,23)/t16-/m0/s1. The van der Waals surface area contributed by atoms with Crippen LogP contribution in [0.3, 0.4) is 0 Å². The number of amides is 2. The molecular weight excluding hydrogens is 362 g/mol. The van der Waals surface area contributed by atoms with Gasteiger partial charge >= 0.3 is 0 Å². The van der Waals surface area contributed by atoms with Crippen molar-refractivity contribution in [2.45, 2.75) is 32.2 Å². The van der Waals surface area contributed by atoms with E-state index in [1.807, 2.05) is 6.92 Å². The monoisotopic (exact) mass is 393 g/mol. The first-order chi connectivity index (χ1) is 13.5. The molecule has 28 heavy (non-hydrogen) atoms. The Morgan fingerprint density at radius 2 is 1.86 bits per heavy atom. The highest BCUT2D eigenvalue weighted by molar-refractivity contribution is 5.97. The zero-order valence-corrected chi connectivity index (χ0v) is 16.6. The Balaban J connectivity index is 2.59. The smallest absolute Gasteiger partial charge is 0.251 e. The van der Waals surface area contributed by atoms with E-state index in [0.717, 1.165) is 12.8 Å². The number of nitrogens with zero attached hydrogens (tertiary/aromatic N) is 1. The lowest BCUT2D eigenvalue weighted by Crippen LogP contribution is -2.47. The molecule has 0 aliphatic carbocycles. The minimum absolute atomic E-state index is 0.0558. The van der Waals surface area contributed by atoms with Gasteiger partial charge in [-0.2, -0.15) is 0 Å². The molecule has 9 heteroatoms. The summed E-state index contributed by atoms with van der Waals surface area (Å²) in [5.74, 6) is -0.613. The number of unbranched alkanes of at least 4 members (excludes halogenated alkanes) is 1. The van der Waals surface area contributed by atoms with Crippen LogP contribution in [0.2, 0.25) is 0 Å². The molecule has 9 nitrogen and oxygen atoms in total. The topological polar surface area (TPSA) is 141 Å². The van der Waals surface area contributed by atoms with Crippen molar-refractivity contribution in [3.8, 4) is 0 Å². The average Bonchev–Trinajstić information content (AvgIpc) is 2.67. The molecule has 0 aliphatic heterocycles. The van der Waals surface area contributed by atoms with Gasteiger partial charge < -0.3 is 31.6 Å². The van der Waals surface area contributed by atoms with Gasteiger partial charge in [0.25, 0.3) is 5.91 Å². The third kappa shape index (κ3) is 9.33. The van der Waals surface area contributed by atoms with Gasteiger partial charge in [-0.05, 0) is 30.7 Å². The van der Waals surface area contributed by atoms with Gasteiger partial charge in [-0.25, -0.2) is 4.99 Å². The summed E-state index contributed by atoms with van der Waals surface area (Å²) < 4.78 is 10.2. The fraction of sp³-hybridized carbons (Fsp3) is 0.526. The largest absolute Gasteiger partial charge is 0.382 e. The second kappa shape index (κ2) is 13.5. The number of nitrogens with two attached hydrogens (primary N) is 2. The molecule has 0 bridgehead atoms. The maximum Gasteiger partial charge on any atom is 0.251 e. The number of carbonyl (C=O) groups excluding carboxylic acids is 2. The van der Waals surface area contributed by atoms with Crippen LogP contribution in [0.25, 0.3) is 0 Å². The molecule has 1 aromatic carbocycles. The zero-order chi connectivity index (χ0) is 20.8. The van der Waals surface area contributed by atoms with Gasteiger partial charge in [-0.1, -0.05) is 19.8 Å². The van der Waals surface area contributed by atoms with Crippen LogP contribution >= 0.6 is 0 Å². The summed E-state index contributed by atoms with van der Waals surface area (Å²) in [7, 11) is 1.60. The lowest BCUT2D eigenvalue weighted by atomic mass is 10.1. The van der Waals surface area contributed by atoms with Crippen molar-refractivity contribution in [2.75, 3.05) is 33.5 Å². The molecule has 0 aromatic heterocycles. The number of nitrogens with one attached hydrogen (secondary N) is 2. The minimum Gasteiger partial charge on any atom is -0.382 e. The quantitative estimate of drug-likeness (QED) is 0.220. The Kier molecular flexibility index (Phi) is 11.3. The first-order valence-electron chi connectivity index (χ1n) is 9.32. The van der Waals surface area contributed by atoms with Crippen molar-refractivity contribution in [1.29, 1.82) is 0 Å². The third-order valence-corrected chi connectivity index (χ3v) is 3.83. The SMILES string of the molecule is CCCC[C@H](NC(=O)c1ccc(N=C(N)N)cc1)C(=O)NCCOCCOC. The van der Waals surface area contributed by atoms with E-state index in [1.165, 1.54) is 0 Å². The number of ether oxygens (including phenoxy) is 2. The van der Waals surface area contributed by atoms with Crippen LogP contribution in [0, 0.1) is 0 Å². The van der Waals surface area contributed by atoms with Gasteiger partial charge in [-0.15, -0.1) is 0 Å². The fourth-order valence-corrected chi connectivity index (χ4v) is 2.37. The molecular formula is C19H31N5O4. The van der Waals surface area contributed by atoms with Crippen LogP contribution in [0.4, 0.5) is 5.69 Å². The summed E-state index contributed by atoms with van der Waals surface area (Å²) in [5.41, 5.74) is 11.6. The highest BCUT2D eigenvalue weighted by atomic mass is 16.5. The Labute approximate surface area is 165 Å². The molecule has 0 radical (unpaired) electrons. The Morgan fingerprint density at radius 3 is 2.46 bits per heavy atom. The van der Waals surface area contributed by atoms with Gasteiger partial charge in [0, 0.05) is 19.2 Å². The lowest BCUT2D eigenvalue weighted by Gasteiger charge is -2.18. The molecule has 6 N–H and O–H groups in total. The van der Waals surface area contributed by atoms with E-state index < -0.39 is 6.04 Å². The van der Waals surface area contributed by atoms with Crippen molar-refractivity contribution >= 4 is 23.5 Å². The van der Waals surface area contributed by atoms with Gasteiger partial charge in [0.15, 0.2) is 5.96 Å². The molecule has 0 unspecified atom stereocenters. The molecule has 156 valence electrons. The Bertz CT molecular complexity index is 630. The molecule has 0 spiro atoms. The van der Waals surface area contributed by atoms with Crippen LogP contribution in [-0.4, -0.2) is 57.3 Å². The predicted molar refractivity (Wildman–Crippen MR) is 108 cm³/mol. The van der Waals surface area contributed by atoms with E-state index in [2.05, 4.69) is 15.6 Å². The molecule has 0 heterocycles. The van der Waals surface area contributed by atoms with E-state index >= 15 is 0 Å². The summed E-state index contributed by atoms with van der Waals surface area (Å²) >= 11 is 0. The average molecular weight is 393 g/mol. The summed E-state index contributed by atoms with van der Waals surface area (Å²) in [5, 5.41) is 5.58. The van der Waals surface area contributed by atoms with Crippen molar-refractivity contribution in [3.05, 3.63) is 29.8 Å². The normalized spacial score (nSPS) is 11.5. The van der Waals surface area contributed by atoms with Crippen molar-refractivity contribution in [2.24, 2.45) is 16.5 Å². The molecule has 0 saturated heterocycles. The first kappa shape index (κ1) is 23.4. The number of aliphatic imine (C=N–C) groups is 1. The van der Waals surface area contributed by atoms with Crippen LogP contribution in [0.5, 0.6) is 0 Å². The molecule has 1 aromatic rings. The number of guanidine groups is 1. The third-order valence-electron chi connectivity index (χ3n) is 3.83. The molecule has 1 rings (SSSR count). The predicted octanol–water partition coefficient (Wildman–Crippen LogP) is 0.659. The molecule has 0 fully saturated rings. The second-order valence-electron chi connectivity index (χ2n) is 6.15. The summed E-state index contributed by atoms with van der Waals surface area (Å²) in [4.78, 5) is 28.8. The maximum atomic E-state index is 12.5. The van der Waals surface area contributed by atoms with Crippen molar-refractivity contribution in [1.82, 2.24) is 10.6 Å². The van der Waals surface area contributed by atoms with Crippen LogP contribution in [-0.2, 0) is 14.3 Å². The maximum absolute atomic E-state index is 12.5. The minimum atomic E-state index is -0.608. The van der Waals surface area contributed by atoms with Gasteiger partial charge in [0.2, 0.25) is 5.91 Å². The van der Waals surface area contributed by atoms with Gasteiger partial charge in [0.1, 0.15) is 6.04 Å². The fourth-order valence-electron chi connectivity index (χ4n) is 2.37. The van der Waals surface area contributed by atoms with Crippen molar-refractivity contribution < 1.29 is 19.1 Å². The van der Waals surface area contributed by atoms with Gasteiger partial charge in [-0.3, -0.25) is 9.59 Å². The van der Waals surface area contributed by atoms with Crippen LogP contribution in [0.1, 0.15) is 36.5 Å². The molecule has 2 amide bonds. The number of hydrogen-bond acceptors (Lipinski definition) is 5. The van der Waals surface area contributed by atoms with Crippen molar-refractivity contribution in [3.63, 3.8) is 0 Å².